The fraction of sp³-hybridized carbons (Fsp3) is 0.875. The normalized spacial score (nSPS) is 9.45. The first-order valence-corrected chi connectivity index (χ1v) is 3.94. The van der Waals surface area contributed by atoms with Crippen molar-refractivity contribution in [2.24, 2.45) is 0 Å². The Kier molecular flexibility index (Phi) is 8.91. The van der Waals surface area contributed by atoms with E-state index in [1.54, 1.807) is 0 Å². The van der Waals surface area contributed by atoms with Crippen LogP contribution in [0.1, 0.15) is 19.8 Å². The van der Waals surface area contributed by atoms with Crippen LogP contribution in [0, 0.1) is 11.3 Å². The van der Waals surface area contributed by atoms with Crippen molar-refractivity contribution in [1.29, 1.82) is 5.26 Å². The Bertz CT molecular complexity index is 109. The minimum absolute atomic E-state index is 0.164. The van der Waals surface area contributed by atoms with Gasteiger partial charge in [-0.3, -0.25) is 0 Å². The van der Waals surface area contributed by atoms with Crippen molar-refractivity contribution < 1.29 is 9.47 Å². The lowest BCUT2D eigenvalue weighted by molar-refractivity contribution is 0.0585. The smallest absolute Gasteiger partial charge is 0.133 e. The number of rotatable bonds is 7. The van der Waals surface area contributed by atoms with Gasteiger partial charge < -0.3 is 9.47 Å². The molecule has 0 aliphatic carbocycles. The summed E-state index contributed by atoms with van der Waals surface area (Å²) in [6, 6.07) is 1.89. The van der Waals surface area contributed by atoms with E-state index in [-0.39, 0.29) is 6.61 Å². The molecule has 3 nitrogen and oxygen atoms in total. The van der Waals surface area contributed by atoms with Crippen molar-refractivity contribution >= 4 is 0 Å². The summed E-state index contributed by atoms with van der Waals surface area (Å²) < 4.78 is 10.1. The van der Waals surface area contributed by atoms with E-state index in [0.717, 1.165) is 19.4 Å². The van der Waals surface area contributed by atoms with Crippen LogP contribution in [-0.4, -0.2) is 26.4 Å². The second-order valence-corrected chi connectivity index (χ2v) is 2.18. The van der Waals surface area contributed by atoms with Crippen molar-refractivity contribution in [3.63, 3.8) is 0 Å². The van der Waals surface area contributed by atoms with Crippen LogP contribution in [0.3, 0.4) is 0 Å². The van der Waals surface area contributed by atoms with Gasteiger partial charge >= 0.3 is 0 Å². The van der Waals surface area contributed by atoms with Gasteiger partial charge in [0.1, 0.15) is 6.61 Å². The monoisotopic (exact) mass is 157 g/mol. The predicted molar refractivity (Wildman–Crippen MR) is 42.2 cm³/mol. The second kappa shape index (κ2) is 9.41. The standard InChI is InChI=1S/C8H15NO2/c1-2-3-5-10-7-8-11-6-4-9/h2-3,5-8H2,1H3. The van der Waals surface area contributed by atoms with Gasteiger partial charge in [-0.15, -0.1) is 0 Å². The maximum atomic E-state index is 8.09. The van der Waals surface area contributed by atoms with Gasteiger partial charge in [-0.1, -0.05) is 13.3 Å². The van der Waals surface area contributed by atoms with E-state index < -0.39 is 0 Å². The Hall–Kier alpha value is -0.590. The van der Waals surface area contributed by atoms with Crippen LogP contribution in [0.15, 0.2) is 0 Å². The lowest BCUT2D eigenvalue weighted by Crippen LogP contribution is -2.05. The van der Waals surface area contributed by atoms with E-state index in [1.807, 2.05) is 6.07 Å². The SMILES string of the molecule is CCCCOCCOCC#N. The number of nitriles is 1. The molecule has 0 saturated carbocycles. The molecule has 0 aliphatic heterocycles. The molecule has 0 atom stereocenters. The van der Waals surface area contributed by atoms with Crippen molar-refractivity contribution in [3.05, 3.63) is 0 Å². The van der Waals surface area contributed by atoms with Gasteiger partial charge in [-0.05, 0) is 6.42 Å². The summed E-state index contributed by atoms with van der Waals surface area (Å²) in [7, 11) is 0. The van der Waals surface area contributed by atoms with Gasteiger partial charge in [-0.2, -0.15) is 5.26 Å². The van der Waals surface area contributed by atoms with Crippen molar-refractivity contribution in [2.75, 3.05) is 26.4 Å². The van der Waals surface area contributed by atoms with E-state index in [0.29, 0.717) is 13.2 Å². The largest absolute Gasteiger partial charge is 0.379 e. The van der Waals surface area contributed by atoms with Crippen molar-refractivity contribution in [3.8, 4) is 6.07 Å². The summed E-state index contributed by atoms with van der Waals surface area (Å²) in [5.74, 6) is 0. The molecule has 11 heavy (non-hydrogen) atoms. The first-order valence-electron chi connectivity index (χ1n) is 3.94. The van der Waals surface area contributed by atoms with E-state index in [1.165, 1.54) is 0 Å². The maximum absolute atomic E-state index is 8.09. The predicted octanol–water partition coefficient (Wildman–Crippen LogP) is 1.34. The molecule has 0 amide bonds. The zero-order valence-electron chi connectivity index (χ0n) is 7.01. The summed E-state index contributed by atoms with van der Waals surface area (Å²) >= 11 is 0. The molecular formula is C8H15NO2. The fourth-order valence-electron chi connectivity index (χ4n) is 0.584. The molecule has 0 aromatic carbocycles. The van der Waals surface area contributed by atoms with E-state index >= 15 is 0 Å². The Labute approximate surface area is 67.9 Å². The van der Waals surface area contributed by atoms with Gasteiger partial charge in [0.2, 0.25) is 0 Å². The van der Waals surface area contributed by atoms with Crippen LogP contribution in [0.5, 0.6) is 0 Å². The molecule has 0 aliphatic rings. The summed E-state index contributed by atoms with van der Waals surface area (Å²) in [6.07, 6.45) is 2.25. The molecule has 0 aromatic heterocycles. The lowest BCUT2D eigenvalue weighted by atomic mass is 10.4. The third-order valence-corrected chi connectivity index (χ3v) is 1.18. The zero-order chi connectivity index (χ0) is 8.36. The topological polar surface area (TPSA) is 42.2 Å². The molecule has 0 rings (SSSR count). The summed E-state index contributed by atoms with van der Waals surface area (Å²) in [4.78, 5) is 0. The Morgan fingerprint density at radius 1 is 1.18 bits per heavy atom. The highest BCUT2D eigenvalue weighted by molar-refractivity contribution is 4.65. The highest BCUT2D eigenvalue weighted by Gasteiger charge is 1.87. The van der Waals surface area contributed by atoms with Gasteiger partial charge in [0.05, 0.1) is 19.3 Å². The Morgan fingerprint density at radius 2 is 1.91 bits per heavy atom. The zero-order valence-corrected chi connectivity index (χ0v) is 7.01. The summed E-state index contributed by atoms with van der Waals surface area (Å²) in [6.45, 7) is 4.21. The van der Waals surface area contributed by atoms with E-state index in [4.69, 9.17) is 14.7 Å². The quantitative estimate of drug-likeness (QED) is 0.524. The first-order chi connectivity index (χ1) is 5.41. The molecule has 3 heteroatoms. The molecule has 0 unspecified atom stereocenters. The molecule has 0 heterocycles. The van der Waals surface area contributed by atoms with Gasteiger partial charge in [0.25, 0.3) is 0 Å². The molecule has 0 spiro atoms. The molecule has 0 fully saturated rings. The fourth-order valence-corrected chi connectivity index (χ4v) is 0.584. The maximum Gasteiger partial charge on any atom is 0.133 e. The van der Waals surface area contributed by atoms with Gasteiger partial charge in [-0.25, -0.2) is 0 Å². The second-order valence-electron chi connectivity index (χ2n) is 2.18. The molecular weight excluding hydrogens is 142 g/mol. The van der Waals surface area contributed by atoms with E-state index in [2.05, 4.69) is 6.92 Å². The molecule has 0 N–H and O–H groups in total. The number of hydrogen-bond acceptors (Lipinski definition) is 3. The van der Waals surface area contributed by atoms with Gasteiger partial charge in [0, 0.05) is 6.61 Å². The highest BCUT2D eigenvalue weighted by atomic mass is 16.5. The number of ether oxygens (including phenoxy) is 2. The number of unbranched alkanes of at least 4 members (excludes halogenated alkanes) is 1. The molecule has 0 radical (unpaired) electrons. The van der Waals surface area contributed by atoms with Crippen LogP contribution >= 0.6 is 0 Å². The number of hydrogen-bond donors (Lipinski definition) is 0. The van der Waals surface area contributed by atoms with Crippen LogP contribution in [0.4, 0.5) is 0 Å². The van der Waals surface area contributed by atoms with Crippen LogP contribution in [0.25, 0.3) is 0 Å². The highest BCUT2D eigenvalue weighted by Crippen LogP contribution is 1.87. The van der Waals surface area contributed by atoms with E-state index in [9.17, 15) is 0 Å². The van der Waals surface area contributed by atoms with Crippen molar-refractivity contribution in [2.45, 2.75) is 19.8 Å². The molecule has 64 valence electrons. The summed E-state index contributed by atoms with van der Waals surface area (Å²) in [5.41, 5.74) is 0. The average molecular weight is 157 g/mol. The van der Waals surface area contributed by atoms with Crippen LogP contribution < -0.4 is 0 Å². The Balaban J connectivity index is 2.75. The molecule has 0 bridgehead atoms. The van der Waals surface area contributed by atoms with Crippen molar-refractivity contribution in [1.82, 2.24) is 0 Å². The third-order valence-electron chi connectivity index (χ3n) is 1.18. The lowest BCUT2D eigenvalue weighted by Gasteiger charge is -2.01. The number of nitrogens with zero attached hydrogens (tertiary/aromatic N) is 1. The Morgan fingerprint density at radius 3 is 2.55 bits per heavy atom. The van der Waals surface area contributed by atoms with Gasteiger partial charge in [0.15, 0.2) is 0 Å². The first kappa shape index (κ1) is 10.4. The average Bonchev–Trinajstić information content (AvgIpc) is 2.03. The minimum atomic E-state index is 0.164. The van der Waals surface area contributed by atoms with Crippen LogP contribution in [0.2, 0.25) is 0 Å². The summed E-state index contributed by atoms with van der Waals surface area (Å²) in [5, 5.41) is 8.09. The van der Waals surface area contributed by atoms with Crippen LogP contribution in [-0.2, 0) is 9.47 Å². The molecule has 0 aromatic rings. The minimum Gasteiger partial charge on any atom is -0.379 e. The third kappa shape index (κ3) is 9.41. The molecule has 0 saturated heterocycles.